The molecule has 0 aliphatic rings. The van der Waals surface area contributed by atoms with Crippen LogP contribution in [0.1, 0.15) is 19.4 Å². The average Bonchev–Trinajstić information content (AvgIpc) is 2.28. The molecule has 19 heavy (non-hydrogen) atoms. The second kappa shape index (κ2) is 6.51. The summed E-state index contributed by atoms with van der Waals surface area (Å²) >= 11 is 10.8. The Morgan fingerprint density at radius 2 is 2.00 bits per heavy atom. The summed E-state index contributed by atoms with van der Waals surface area (Å²) in [6, 6.07) is 4.67. The number of hydrogen-bond donors (Lipinski definition) is 2. The van der Waals surface area contributed by atoms with Crippen LogP contribution in [0.4, 0.5) is 5.69 Å². The first-order valence-electron chi connectivity index (χ1n) is 5.69. The maximum absolute atomic E-state index is 12.1. The Morgan fingerprint density at radius 1 is 1.42 bits per heavy atom. The molecule has 0 saturated heterocycles. The fourth-order valence-corrected chi connectivity index (χ4v) is 3.19. The van der Waals surface area contributed by atoms with Crippen LogP contribution >= 0.6 is 23.8 Å². The molecular formula is C11H16ClN3O2S2. The maximum Gasteiger partial charge on any atom is 0.301 e. The fourth-order valence-electron chi connectivity index (χ4n) is 1.58. The molecule has 0 atom stereocenters. The Bertz CT molecular complexity index is 571. The molecule has 0 aliphatic heterocycles. The highest BCUT2D eigenvalue weighted by Crippen LogP contribution is 2.22. The molecule has 0 amide bonds. The van der Waals surface area contributed by atoms with Gasteiger partial charge < -0.3 is 5.73 Å². The van der Waals surface area contributed by atoms with Crippen LogP contribution in [-0.4, -0.2) is 30.8 Å². The molecule has 8 heteroatoms. The minimum atomic E-state index is -3.64. The van der Waals surface area contributed by atoms with Gasteiger partial charge in [-0.15, -0.1) is 0 Å². The number of nitrogens with two attached hydrogens (primary N) is 1. The maximum atomic E-state index is 12.1. The molecule has 0 fully saturated rings. The lowest BCUT2D eigenvalue weighted by molar-refractivity contribution is 0.449. The van der Waals surface area contributed by atoms with Crippen molar-refractivity contribution in [2.24, 2.45) is 5.73 Å². The standard InChI is InChI=1S/C11H16ClN3O2S2/c1-3-15(4-2)19(16,17)14-10-7-8(12)5-6-9(10)11(13)18/h5-7,14H,3-4H2,1-2H3,(H2,13,18). The van der Waals surface area contributed by atoms with E-state index >= 15 is 0 Å². The van der Waals surface area contributed by atoms with Gasteiger partial charge in [-0.1, -0.05) is 37.7 Å². The average molecular weight is 322 g/mol. The second-order valence-electron chi connectivity index (χ2n) is 3.75. The number of benzene rings is 1. The molecule has 1 aromatic carbocycles. The monoisotopic (exact) mass is 321 g/mol. The fraction of sp³-hybridized carbons (Fsp3) is 0.364. The number of anilines is 1. The van der Waals surface area contributed by atoms with Crippen LogP contribution in [0.5, 0.6) is 0 Å². The quantitative estimate of drug-likeness (QED) is 0.785. The molecular weight excluding hydrogens is 306 g/mol. The summed E-state index contributed by atoms with van der Waals surface area (Å²) in [5.74, 6) is 0. The van der Waals surface area contributed by atoms with Crippen LogP contribution in [0.2, 0.25) is 5.02 Å². The molecule has 1 aromatic rings. The molecule has 0 heterocycles. The summed E-state index contributed by atoms with van der Waals surface area (Å²) in [5, 5.41) is 0.400. The number of nitrogens with zero attached hydrogens (tertiary/aromatic N) is 1. The van der Waals surface area contributed by atoms with Gasteiger partial charge in [-0.25, -0.2) is 0 Å². The van der Waals surface area contributed by atoms with E-state index in [1.165, 1.54) is 10.4 Å². The van der Waals surface area contributed by atoms with Gasteiger partial charge in [0.2, 0.25) is 0 Å². The third-order valence-corrected chi connectivity index (χ3v) is 4.66. The van der Waals surface area contributed by atoms with Crippen LogP contribution in [0.3, 0.4) is 0 Å². The molecule has 3 N–H and O–H groups in total. The van der Waals surface area contributed by atoms with Crippen molar-refractivity contribution in [3.8, 4) is 0 Å². The number of thiocarbonyl (C=S) groups is 1. The topological polar surface area (TPSA) is 75.4 Å². The lowest BCUT2D eigenvalue weighted by atomic mass is 10.2. The number of hydrogen-bond acceptors (Lipinski definition) is 3. The van der Waals surface area contributed by atoms with Gasteiger partial charge in [0.1, 0.15) is 4.99 Å². The van der Waals surface area contributed by atoms with Gasteiger partial charge in [0.15, 0.2) is 0 Å². The molecule has 0 radical (unpaired) electrons. The van der Waals surface area contributed by atoms with Crippen LogP contribution in [0.25, 0.3) is 0 Å². The molecule has 0 saturated carbocycles. The van der Waals surface area contributed by atoms with E-state index in [1.807, 2.05) is 0 Å². The zero-order valence-electron chi connectivity index (χ0n) is 10.7. The van der Waals surface area contributed by atoms with Gasteiger partial charge in [-0.2, -0.15) is 12.7 Å². The van der Waals surface area contributed by atoms with Crippen molar-refractivity contribution in [2.75, 3.05) is 17.8 Å². The number of rotatable bonds is 6. The summed E-state index contributed by atoms with van der Waals surface area (Å²) in [6.07, 6.45) is 0. The van der Waals surface area contributed by atoms with E-state index in [0.717, 1.165) is 0 Å². The van der Waals surface area contributed by atoms with E-state index in [4.69, 9.17) is 29.6 Å². The van der Waals surface area contributed by atoms with Gasteiger partial charge in [0.05, 0.1) is 5.69 Å². The van der Waals surface area contributed by atoms with E-state index in [2.05, 4.69) is 4.72 Å². The highest BCUT2D eigenvalue weighted by Gasteiger charge is 2.20. The minimum Gasteiger partial charge on any atom is -0.389 e. The van der Waals surface area contributed by atoms with Crippen LogP contribution in [-0.2, 0) is 10.2 Å². The van der Waals surface area contributed by atoms with E-state index in [-0.39, 0.29) is 10.7 Å². The summed E-state index contributed by atoms with van der Waals surface area (Å²) in [4.78, 5) is 0.105. The third kappa shape index (κ3) is 4.04. The molecule has 0 aliphatic carbocycles. The number of halogens is 1. The first kappa shape index (κ1) is 16.2. The minimum absolute atomic E-state index is 0.105. The first-order valence-corrected chi connectivity index (χ1v) is 7.91. The summed E-state index contributed by atoms with van der Waals surface area (Å²) in [7, 11) is -3.64. The van der Waals surface area contributed by atoms with Crippen LogP contribution in [0, 0.1) is 0 Å². The molecule has 106 valence electrons. The Balaban J connectivity index is 3.18. The molecule has 0 bridgehead atoms. The summed E-state index contributed by atoms with van der Waals surface area (Å²) in [5.41, 5.74) is 6.29. The van der Waals surface area contributed by atoms with Crippen molar-refractivity contribution in [1.82, 2.24) is 4.31 Å². The normalized spacial score (nSPS) is 11.6. The molecule has 1 rings (SSSR count). The highest BCUT2D eigenvalue weighted by atomic mass is 35.5. The van der Waals surface area contributed by atoms with Crippen molar-refractivity contribution >= 4 is 44.7 Å². The Labute approximate surface area is 123 Å². The zero-order valence-corrected chi connectivity index (χ0v) is 13.1. The molecule has 0 unspecified atom stereocenters. The largest absolute Gasteiger partial charge is 0.389 e. The van der Waals surface area contributed by atoms with Gasteiger partial charge in [-0.05, 0) is 18.2 Å². The Kier molecular flexibility index (Phi) is 5.54. The smallest absolute Gasteiger partial charge is 0.301 e. The SMILES string of the molecule is CCN(CC)S(=O)(=O)Nc1cc(Cl)ccc1C(N)=S. The van der Waals surface area contributed by atoms with E-state index in [9.17, 15) is 8.42 Å². The Morgan fingerprint density at radius 3 is 2.47 bits per heavy atom. The zero-order chi connectivity index (χ0) is 14.6. The lowest BCUT2D eigenvalue weighted by Gasteiger charge is -2.20. The number of nitrogens with one attached hydrogen (secondary N) is 1. The summed E-state index contributed by atoms with van der Waals surface area (Å²) < 4.78 is 28.0. The van der Waals surface area contributed by atoms with Crippen molar-refractivity contribution in [2.45, 2.75) is 13.8 Å². The van der Waals surface area contributed by atoms with E-state index in [1.54, 1.807) is 26.0 Å². The van der Waals surface area contributed by atoms with E-state index < -0.39 is 10.2 Å². The summed E-state index contributed by atoms with van der Waals surface area (Å²) in [6.45, 7) is 4.26. The van der Waals surface area contributed by atoms with E-state index in [0.29, 0.717) is 23.7 Å². The van der Waals surface area contributed by atoms with Gasteiger partial charge in [0.25, 0.3) is 0 Å². The molecule has 0 spiro atoms. The van der Waals surface area contributed by atoms with Crippen molar-refractivity contribution < 1.29 is 8.42 Å². The predicted molar refractivity (Wildman–Crippen MR) is 82.8 cm³/mol. The van der Waals surface area contributed by atoms with Gasteiger partial charge in [0, 0.05) is 23.7 Å². The Hall–Kier alpha value is -0.890. The lowest BCUT2D eigenvalue weighted by Crippen LogP contribution is -2.36. The predicted octanol–water partition coefficient (Wildman–Crippen LogP) is 1.97. The van der Waals surface area contributed by atoms with Crippen LogP contribution < -0.4 is 10.5 Å². The second-order valence-corrected chi connectivity index (χ2v) is 6.29. The molecule has 5 nitrogen and oxygen atoms in total. The highest BCUT2D eigenvalue weighted by molar-refractivity contribution is 7.90. The first-order chi connectivity index (χ1) is 8.81. The van der Waals surface area contributed by atoms with Crippen LogP contribution in [0.15, 0.2) is 18.2 Å². The third-order valence-electron chi connectivity index (χ3n) is 2.53. The van der Waals surface area contributed by atoms with Crippen molar-refractivity contribution in [3.05, 3.63) is 28.8 Å². The van der Waals surface area contributed by atoms with Gasteiger partial charge in [-0.3, -0.25) is 4.72 Å². The molecule has 0 aromatic heterocycles. The van der Waals surface area contributed by atoms with Gasteiger partial charge >= 0.3 is 10.2 Å². The van der Waals surface area contributed by atoms with Crippen molar-refractivity contribution in [1.29, 1.82) is 0 Å². The van der Waals surface area contributed by atoms with Crippen molar-refractivity contribution in [3.63, 3.8) is 0 Å².